The maximum absolute atomic E-state index is 12.8. The molecule has 1 aromatic heterocycles. The number of pyridine rings is 1. The maximum atomic E-state index is 12.8. The zero-order valence-electron chi connectivity index (χ0n) is 19.2. The van der Waals surface area contributed by atoms with Crippen molar-refractivity contribution in [3.8, 4) is 5.88 Å². The van der Waals surface area contributed by atoms with Gasteiger partial charge in [0.2, 0.25) is 5.88 Å². The Morgan fingerprint density at radius 3 is 2.52 bits per heavy atom. The number of amides is 1. The van der Waals surface area contributed by atoms with Gasteiger partial charge in [0.1, 0.15) is 22.5 Å². The van der Waals surface area contributed by atoms with Crippen LogP contribution in [0.1, 0.15) is 51.3 Å². The lowest BCUT2D eigenvalue weighted by atomic mass is 10.1. The second-order valence-corrected chi connectivity index (χ2v) is 10.2. The van der Waals surface area contributed by atoms with Gasteiger partial charge in [-0.1, -0.05) is 0 Å². The van der Waals surface area contributed by atoms with Gasteiger partial charge < -0.3 is 18.9 Å². The molecule has 0 bridgehead atoms. The third-order valence-corrected chi connectivity index (χ3v) is 6.25. The fourth-order valence-electron chi connectivity index (χ4n) is 4.10. The molecule has 1 saturated heterocycles. The Morgan fingerprint density at radius 1 is 1.26 bits per heavy atom. The molecular weight excluding hydrogens is 468 g/mol. The van der Waals surface area contributed by atoms with E-state index in [0.29, 0.717) is 29.9 Å². The number of fused-ring (bicyclic) bond motifs is 1. The first-order chi connectivity index (χ1) is 14.3. The van der Waals surface area contributed by atoms with Crippen molar-refractivity contribution < 1.29 is 28.5 Å². The Labute approximate surface area is 191 Å². The van der Waals surface area contributed by atoms with E-state index in [1.807, 2.05) is 41.5 Å². The Kier molecular flexibility index (Phi) is 6.58. The second kappa shape index (κ2) is 8.58. The molecular formula is C22H31BrN2O6. The van der Waals surface area contributed by atoms with Gasteiger partial charge in [-0.2, -0.15) is 0 Å². The number of ether oxygens (including phenoxy) is 4. The summed E-state index contributed by atoms with van der Waals surface area (Å²) in [5, 5.41) is 0. The third-order valence-electron chi connectivity index (χ3n) is 5.60. The molecule has 1 aliphatic heterocycles. The van der Waals surface area contributed by atoms with Crippen LogP contribution in [0.5, 0.6) is 5.88 Å². The van der Waals surface area contributed by atoms with Crippen molar-refractivity contribution in [3.05, 3.63) is 21.3 Å². The molecule has 1 aliphatic carbocycles. The van der Waals surface area contributed by atoms with E-state index in [-0.39, 0.29) is 24.5 Å². The van der Waals surface area contributed by atoms with E-state index in [0.717, 1.165) is 16.7 Å². The molecule has 0 spiro atoms. The summed E-state index contributed by atoms with van der Waals surface area (Å²) in [6, 6.07) is -0.319. The van der Waals surface area contributed by atoms with Gasteiger partial charge in [0, 0.05) is 5.56 Å². The Morgan fingerprint density at radius 2 is 1.90 bits per heavy atom. The van der Waals surface area contributed by atoms with Crippen molar-refractivity contribution in [3.63, 3.8) is 0 Å². The van der Waals surface area contributed by atoms with Crippen LogP contribution in [0.2, 0.25) is 0 Å². The number of hydrogen-bond donors (Lipinski definition) is 0. The highest BCUT2D eigenvalue weighted by molar-refractivity contribution is 9.10. The molecule has 0 aromatic carbocycles. The highest BCUT2D eigenvalue weighted by atomic mass is 79.9. The van der Waals surface area contributed by atoms with Gasteiger partial charge >= 0.3 is 12.1 Å². The first-order valence-corrected chi connectivity index (χ1v) is 11.2. The van der Waals surface area contributed by atoms with Crippen LogP contribution in [0.15, 0.2) is 4.60 Å². The molecule has 2 aliphatic rings. The maximum Gasteiger partial charge on any atom is 0.413 e. The van der Waals surface area contributed by atoms with Crippen molar-refractivity contribution in [2.75, 3.05) is 20.3 Å². The summed E-state index contributed by atoms with van der Waals surface area (Å²) in [7, 11) is 1.40. The predicted octanol–water partition coefficient (Wildman–Crippen LogP) is 3.79. The van der Waals surface area contributed by atoms with E-state index in [9.17, 15) is 9.59 Å². The van der Waals surface area contributed by atoms with Crippen molar-refractivity contribution in [2.45, 2.75) is 71.8 Å². The molecule has 8 nitrogen and oxygen atoms in total. The van der Waals surface area contributed by atoms with Crippen LogP contribution in [0.4, 0.5) is 4.79 Å². The molecule has 1 unspecified atom stereocenters. The van der Waals surface area contributed by atoms with Gasteiger partial charge in [-0.05, 0) is 81.4 Å². The number of nitrogens with zero attached hydrogens (tertiary/aromatic N) is 2. The van der Waals surface area contributed by atoms with Crippen molar-refractivity contribution in [1.29, 1.82) is 0 Å². The lowest BCUT2D eigenvalue weighted by Gasteiger charge is -2.35. The summed E-state index contributed by atoms with van der Waals surface area (Å²) < 4.78 is 23.1. The van der Waals surface area contributed by atoms with Crippen LogP contribution in [0.3, 0.4) is 0 Å². The van der Waals surface area contributed by atoms with E-state index in [1.54, 1.807) is 4.90 Å². The van der Waals surface area contributed by atoms with Crippen LogP contribution < -0.4 is 4.74 Å². The zero-order valence-corrected chi connectivity index (χ0v) is 20.8. The summed E-state index contributed by atoms with van der Waals surface area (Å²) in [5.41, 5.74) is 1.55. The van der Waals surface area contributed by atoms with Crippen LogP contribution >= 0.6 is 15.9 Å². The molecule has 172 valence electrons. The minimum atomic E-state index is -0.801. The average Bonchev–Trinajstić information content (AvgIpc) is 3.23. The number of esters is 1. The molecule has 1 amide bonds. The topological polar surface area (TPSA) is 87.2 Å². The molecule has 31 heavy (non-hydrogen) atoms. The van der Waals surface area contributed by atoms with Crippen molar-refractivity contribution in [1.82, 2.24) is 9.88 Å². The van der Waals surface area contributed by atoms with E-state index >= 15 is 0 Å². The fourth-order valence-corrected chi connectivity index (χ4v) is 4.67. The van der Waals surface area contributed by atoms with Crippen molar-refractivity contribution in [2.24, 2.45) is 5.92 Å². The van der Waals surface area contributed by atoms with Crippen LogP contribution in [0.25, 0.3) is 0 Å². The van der Waals surface area contributed by atoms with Gasteiger partial charge in [0.15, 0.2) is 0 Å². The Balaban J connectivity index is 1.76. The predicted molar refractivity (Wildman–Crippen MR) is 117 cm³/mol. The Hall–Kier alpha value is -1.87. The number of methoxy groups -OCH3 is 1. The average molecular weight is 499 g/mol. The minimum absolute atomic E-state index is 0.209. The standard InChI is InChI=1S/C22H31BrN2O6/c1-12-15-8-13(19(26)28-7)9-16(15)17(23)24-18(12)29-10-14-11-30-22(5,6)25(14)20(27)31-21(2,3)4/h13-14H,8-11H2,1-7H3/t13?,14-/m0/s1. The largest absolute Gasteiger partial charge is 0.475 e. The van der Waals surface area contributed by atoms with Crippen LogP contribution in [-0.4, -0.2) is 59.6 Å². The molecule has 0 saturated carbocycles. The first-order valence-electron chi connectivity index (χ1n) is 10.4. The molecule has 1 fully saturated rings. The fraction of sp³-hybridized carbons (Fsp3) is 0.682. The highest BCUT2D eigenvalue weighted by Crippen LogP contribution is 2.38. The van der Waals surface area contributed by atoms with Crippen LogP contribution in [0, 0.1) is 12.8 Å². The minimum Gasteiger partial charge on any atom is -0.475 e. The smallest absolute Gasteiger partial charge is 0.413 e. The van der Waals surface area contributed by atoms with Crippen LogP contribution in [-0.2, 0) is 31.8 Å². The molecule has 9 heteroatoms. The molecule has 2 heterocycles. The normalized spacial score (nSPS) is 22.3. The summed E-state index contributed by atoms with van der Waals surface area (Å²) in [5.74, 6) is 0.0482. The van der Waals surface area contributed by atoms with Gasteiger partial charge in [-0.3, -0.25) is 9.69 Å². The molecule has 3 rings (SSSR count). The summed E-state index contributed by atoms with van der Waals surface area (Å²) in [4.78, 5) is 30.9. The Bertz CT molecular complexity index is 880. The van der Waals surface area contributed by atoms with E-state index in [1.165, 1.54) is 7.11 Å². The highest BCUT2D eigenvalue weighted by Gasteiger charge is 2.46. The lowest BCUT2D eigenvalue weighted by molar-refractivity contribution is -0.145. The molecule has 2 atom stereocenters. The molecule has 1 aromatic rings. The van der Waals surface area contributed by atoms with Gasteiger partial charge in [-0.15, -0.1) is 0 Å². The van der Waals surface area contributed by atoms with Gasteiger partial charge in [0.25, 0.3) is 0 Å². The number of hydrogen-bond acceptors (Lipinski definition) is 7. The van der Waals surface area contributed by atoms with Crippen molar-refractivity contribution >= 4 is 28.0 Å². The quantitative estimate of drug-likeness (QED) is 0.460. The molecule has 0 radical (unpaired) electrons. The first kappa shape index (κ1) is 23.8. The summed E-state index contributed by atoms with van der Waals surface area (Å²) >= 11 is 3.52. The monoisotopic (exact) mass is 498 g/mol. The second-order valence-electron chi connectivity index (χ2n) is 9.49. The van der Waals surface area contributed by atoms with E-state index in [4.69, 9.17) is 18.9 Å². The number of carbonyl (C=O) groups excluding carboxylic acids is 2. The zero-order chi connectivity index (χ0) is 23.1. The number of halogens is 1. The molecule has 0 N–H and O–H groups in total. The van der Waals surface area contributed by atoms with E-state index < -0.39 is 17.4 Å². The third kappa shape index (κ3) is 4.98. The van der Waals surface area contributed by atoms with E-state index in [2.05, 4.69) is 20.9 Å². The number of rotatable bonds is 4. The summed E-state index contributed by atoms with van der Waals surface area (Å²) in [6.07, 6.45) is 0.743. The summed E-state index contributed by atoms with van der Waals surface area (Å²) in [6.45, 7) is 11.6. The van der Waals surface area contributed by atoms with Gasteiger partial charge in [0.05, 0.1) is 25.7 Å². The number of carbonyl (C=O) groups is 2. The lowest BCUT2D eigenvalue weighted by Crippen LogP contribution is -2.51. The number of aromatic nitrogens is 1. The van der Waals surface area contributed by atoms with Gasteiger partial charge in [-0.25, -0.2) is 9.78 Å². The SMILES string of the molecule is COC(=O)C1Cc2c(Br)nc(OC[C@H]3COC(C)(C)N3C(=O)OC(C)(C)C)c(C)c2C1.